The fourth-order valence-corrected chi connectivity index (χ4v) is 6.40. The molecule has 6 nitrogen and oxygen atoms in total. The van der Waals surface area contributed by atoms with Gasteiger partial charge in [-0.25, -0.2) is 14.2 Å². The van der Waals surface area contributed by atoms with Gasteiger partial charge in [-0.15, -0.1) is 11.8 Å². The van der Waals surface area contributed by atoms with Crippen LogP contribution in [0.25, 0.3) is 11.8 Å². The van der Waals surface area contributed by atoms with Crippen LogP contribution in [0.5, 0.6) is 0 Å². The standard InChI is InChI=1S/C30H28FN3O3S2/c1-6-37-29(36)26-18(3)32-30-34(27(26)20-7-13-24(38-5)14-8-20)28(35)25(39-30)16-21-15-17(2)33(19(21)4)23-11-9-22(31)10-12-23/h7-16,27H,6H2,1-5H3/t27-/m0/s1. The molecular weight excluding hydrogens is 533 g/mol. The van der Waals surface area contributed by atoms with Crippen molar-refractivity contribution in [3.8, 4) is 5.69 Å². The summed E-state index contributed by atoms with van der Waals surface area (Å²) in [6.07, 6.45) is 3.86. The zero-order chi connectivity index (χ0) is 27.8. The Morgan fingerprint density at radius 3 is 2.46 bits per heavy atom. The van der Waals surface area contributed by atoms with Crippen molar-refractivity contribution in [2.24, 2.45) is 4.99 Å². The SMILES string of the molecule is CCOC(=O)C1=C(C)N=c2sc(=Cc3cc(C)n(-c4ccc(F)cc4)c3C)c(=O)n2[C@H]1c1ccc(SC)cc1. The van der Waals surface area contributed by atoms with Gasteiger partial charge in [0.05, 0.1) is 28.5 Å². The highest BCUT2D eigenvalue weighted by Gasteiger charge is 2.33. The van der Waals surface area contributed by atoms with E-state index < -0.39 is 12.0 Å². The summed E-state index contributed by atoms with van der Waals surface area (Å²) in [6.45, 7) is 7.71. The molecule has 200 valence electrons. The van der Waals surface area contributed by atoms with Crippen LogP contribution in [0.2, 0.25) is 0 Å². The van der Waals surface area contributed by atoms with E-state index in [1.54, 1.807) is 42.3 Å². The van der Waals surface area contributed by atoms with Crippen LogP contribution in [0.15, 0.2) is 80.5 Å². The van der Waals surface area contributed by atoms with Crippen LogP contribution in [-0.4, -0.2) is 28.0 Å². The number of hydrogen-bond donors (Lipinski definition) is 0. The number of hydrogen-bond acceptors (Lipinski definition) is 6. The molecule has 4 aromatic rings. The van der Waals surface area contributed by atoms with Crippen molar-refractivity contribution >= 4 is 35.1 Å². The Morgan fingerprint density at radius 2 is 1.82 bits per heavy atom. The summed E-state index contributed by atoms with van der Waals surface area (Å²) >= 11 is 2.92. The highest BCUT2D eigenvalue weighted by Crippen LogP contribution is 2.31. The number of halogens is 1. The quantitative estimate of drug-likeness (QED) is 0.244. The Kier molecular flexibility index (Phi) is 7.46. The number of esters is 1. The van der Waals surface area contributed by atoms with E-state index in [0.29, 0.717) is 20.6 Å². The molecule has 0 bridgehead atoms. The maximum absolute atomic E-state index is 13.9. The lowest BCUT2D eigenvalue weighted by Crippen LogP contribution is -2.39. The summed E-state index contributed by atoms with van der Waals surface area (Å²) < 4.78 is 23.0. The minimum Gasteiger partial charge on any atom is -0.463 e. The molecule has 0 spiro atoms. The Bertz CT molecular complexity index is 1780. The number of ether oxygens (including phenoxy) is 1. The van der Waals surface area contributed by atoms with Gasteiger partial charge >= 0.3 is 5.97 Å². The molecular formula is C30H28FN3O3S2. The number of nitrogens with zero attached hydrogens (tertiary/aromatic N) is 3. The number of aromatic nitrogens is 2. The summed E-state index contributed by atoms with van der Waals surface area (Å²) in [7, 11) is 0. The molecule has 2 aromatic carbocycles. The fourth-order valence-electron chi connectivity index (χ4n) is 4.96. The van der Waals surface area contributed by atoms with Gasteiger partial charge in [-0.1, -0.05) is 23.5 Å². The first-order valence-electron chi connectivity index (χ1n) is 12.5. The molecule has 3 heterocycles. The second kappa shape index (κ2) is 10.8. The van der Waals surface area contributed by atoms with Crippen LogP contribution in [-0.2, 0) is 9.53 Å². The number of thiazole rings is 1. The number of aryl methyl sites for hydroxylation is 1. The van der Waals surface area contributed by atoms with Gasteiger partial charge in [0.15, 0.2) is 4.80 Å². The van der Waals surface area contributed by atoms with Crippen LogP contribution in [0.1, 0.15) is 42.4 Å². The zero-order valence-electron chi connectivity index (χ0n) is 22.3. The highest BCUT2D eigenvalue weighted by atomic mass is 32.2. The smallest absolute Gasteiger partial charge is 0.338 e. The Morgan fingerprint density at radius 1 is 1.13 bits per heavy atom. The van der Waals surface area contributed by atoms with Crippen molar-refractivity contribution in [1.29, 1.82) is 0 Å². The molecule has 1 atom stereocenters. The lowest BCUT2D eigenvalue weighted by atomic mass is 9.96. The Hall–Kier alpha value is -3.69. The van der Waals surface area contributed by atoms with Crippen molar-refractivity contribution in [3.05, 3.63) is 114 Å². The predicted molar refractivity (Wildman–Crippen MR) is 154 cm³/mol. The minimum atomic E-state index is -0.648. The van der Waals surface area contributed by atoms with Crippen LogP contribution >= 0.6 is 23.1 Å². The zero-order valence-corrected chi connectivity index (χ0v) is 24.0. The van der Waals surface area contributed by atoms with Gasteiger partial charge in [0, 0.05) is 22.0 Å². The fraction of sp³-hybridized carbons (Fsp3) is 0.233. The van der Waals surface area contributed by atoms with Crippen molar-refractivity contribution in [2.75, 3.05) is 12.9 Å². The maximum atomic E-state index is 13.9. The van der Waals surface area contributed by atoms with E-state index in [0.717, 1.165) is 33.1 Å². The van der Waals surface area contributed by atoms with Crippen LogP contribution in [0.4, 0.5) is 4.39 Å². The van der Waals surface area contributed by atoms with Crippen molar-refractivity contribution in [1.82, 2.24) is 9.13 Å². The van der Waals surface area contributed by atoms with E-state index in [4.69, 9.17) is 4.74 Å². The molecule has 0 saturated heterocycles. The molecule has 0 amide bonds. The summed E-state index contributed by atoms with van der Waals surface area (Å²) in [5, 5.41) is 0. The summed E-state index contributed by atoms with van der Waals surface area (Å²) in [5.41, 5.74) is 5.10. The Labute approximate surface area is 233 Å². The van der Waals surface area contributed by atoms with E-state index in [-0.39, 0.29) is 18.0 Å². The largest absolute Gasteiger partial charge is 0.463 e. The number of carbonyl (C=O) groups is 1. The monoisotopic (exact) mass is 561 g/mol. The van der Waals surface area contributed by atoms with Crippen LogP contribution in [0.3, 0.4) is 0 Å². The molecule has 0 radical (unpaired) electrons. The predicted octanol–water partition coefficient (Wildman–Crippen LogP) is 5.07. The molecule has 2 aromatic heterocycles. The number of carbonyl (C=O) groups excluding carboxylic acids is 1. The molecule has 0 fully saturated rings. The third-order valence-corrected chi connectivity index (χ3v) is 8.52. The van der Waals surface area contributed by atoms with Crippen molar-refractivity contribution in [3.63, 3.8) is 0 Å². The average molecular weight is 562 g/mol. The lowest BCUT2D eigenvalue weighted by Gasteiger charge is -2.24. The summed E-state index contributed by atoms with van der Waals surface area (Å²) in [5.74, 6) is -0.771. The van der Waals surface area contributed by atoms with E-state index >= 15 is 0 Å². The molecule has 1 aliphatic heterocycles. The normalized spacial score (nSPS) is 15.3. The first-order chi connectivity index (χ1) is 18.7. The molecule has 39 heavy (non-hydrogen) atoms. The molecule has 0 aliphatic carbocycles. The molecule has 5 rings (SSSR count). The van der Waals surface area contributed by atoms with Gasteiger partial charge in [0.25, 0.3) is 5.56 Å². The van der Waals surface area contributed by atoms with Crippen LogP contribution < -0.4 is 14.9 Å². The van der Waals surface area contributed by atoms with Gasteiger partial charge in [-0.3, -0.25) is 9.36 Å². The molecule has 0 saturated carbocycles. The van der Waals surface area contributed by atoms with Gasteiger partial charge in [-0.05, 0) is 93.6 Å². The van der Waals surface area contributed by atoms with Crippen LogP contribution in [0, 0.1) is 19.7 Å². The summed E-state index contributed by atoms with van der Waals surface area (Å²) in [4.78, 5) is 33.3. The van der Waals surface area contributed by atoms with E-state index in [1.807, 2.05) is 61.1 Å². The van der Waals surface area contributed by atoms with Gasteiger partial charge in [-0.2, -0.15) is 0 Å². The van der Waals surface area contributed by atoms with Gasteiger partial charge in [0.1, 0.15) is 5.82 Å². The molecule has 0 unspecified atom stereocenters. The number of allylic oxidation sites excluding steroid dienone is 1. The highest BCUT2D eigenvalue weighted by molar-refractivity contribution is 7.98. The number of thioether (sulfide) groups is 1. The van der Waals surface area contributed by atoms with Crippen molar-refractivity contribution < 1.29 is 13.9 Å². The summed E-state index contributed by atoms with van der Waals surface area (Å²) in [6, 6.07) is 15.5. The molecule has 0 N–H and O–H groups in total. The maximum Gasteiger partial charge on any atom is 0.338 e. The third-order valence-electron chi connectivity index (χ3n) is 6.79. The first kappa shape index (κ1) is 26.9. The topological polar surface area (TPSA) is 65.6 Å². The van der Waals surface area contributed by atoms with E-state index in [9.17, 15) is 14.0 Å². The second-order valence-corrected chi connectivity index (χ2v) is 11.1. The number of fused-ring (bicyclic) bond motifs is 1. The average Bonchev–Trinajstić information content (AvgIpc) is 3.38. The molecule has 1 aliphatic rings. The first-order valence-corrected chi connectivity index (χ1v) is 14.6. The third kappa shape index (κ3) is 4.92. The molecule has 9 heteroatoms. The van der Waals surface area contributed by atoms with E-state index in [1.165, 1.54) is 23.5 Å². The number of rotatable bonds is 6. The van der Waals surface area contributed by atoms with Crippen molar-refractivity contribution in [2.45, 2.75) is 38.6 Å². The van der Waals surface area contributed by atoms with E-state index in [2.05, 4.69) is 4.99 Å². The Balaban J connectivity index is 1.68. The van der Waals surface area contributed by atoms with Gasteiger partial charge < -0.3 is 9.30 Å². The second-order valence-electron chi connectivity index (χ2n) is 9.21. The minimum absolute atomic E-state index is 0.224. The lowest BCUT2D eigenvalue weighted by molar-refractivity contribution is -0.139. The number of benzene rings is 2. The van der Waals surface area contributed by atoms with Gasteiger partial charge in [0.2, 0.25) is 0 Å².